The normalized spacial score (nSPS) is 22.5. The zero-order valence-electron chi connectivity index (χ0n) is 9.35. The average molecular weight is 288 g/mol. The lowest BCUT2D eigenvalue weighted by atomic mass is 9.93. The number of thiophene rings is 1. The lowest BCUT2D eigenvalue weighted by molar-refractivity contribution is 0.405. The van der Waals surface area contributed by atoms with Crippen molar-refractivity contribution in [2.75, 3.05) is 0 Å². The van der Waals surface area contributed by atoms with Gasteiger partial charge < -0.3 is 5.32 Å². The van der Waals surface area contributed by atoms with E-state index in [1.165, 1.54) is 29.5 Å². The summed E-state index contributed by atoms with van der Waals surface area (Å²) in [5.41, 5.74) is 1.54. The number of halogens is 1. The summed E-state index contributed by atoms with van der Waals surface area (Å²) in [5, 5.41) is 3.72. The van der Waals surface area contributed by atoms with E-state index in [4.69, 9.17) is 0 Å². The van der Waals surface area contributed by atoms with Crippen LogP contribution in [0.1, 0.15) is 49.6 Å². The van der Waals surface area contributed by atoms with Gasteiger partial charge in [0, 0.05) is 17.0 Å². The fourth-order valence-electron chi connectivity index (χ4n) is 2.16. The molecular formula is C12H18BrNS. The Kier molecular flexibility index (Phi) is 3.86. The number of nitrogens with one attached hydrogen (secondary N) is 1. The van der Waals surface area contributed by atoms with E-state index in [1.807, 2.05) is 11.3 Å². The first-order chi connectivity index (χ1) is 7.20. The summed E-state index contributed by atoms with van der Waals surface area (Å²) in [5.74, 6) is 0. The van der Waals surface area contributed by atoms with E-state index in [9.17, 15) is 0 Å². The van der Waals surface area contributed by atoms with Crippen molar-refractivity contribution in [2.45, 2.75) is 51.6 Å². The van der Waals surface area contributed by atoms with Crippen LogP contribution >= 0.6 is 27.3 Å². The Hall–Kier alpha value is 0.140. The van der Waals surface area contributed by atoms with Gasteiger partial charge in [0.15, 0.2) is 0 Å². The van der Waals surface area contributed by atoms with Crippen molar-refractivity contribution < 1.29 is 0 Å². The maximum Gasteiger partial charge on any atom is 0.0704 e. The van der Waals surface area contributed by atoms with Gasteiger partial charge >= 0.3 is 0 Å². The van der Waals surface area contributed by atoms with Gasteiger partial charge in [0.05, 0.1) is 3.79 Å². The van der Waals surface area contributed by atoms with Crippen LogP contribution < -0.4 is 5.32 Å². The van der Waals surface area contributed by atoms with Crippen LogP contribution in [0.15, 0.2) is 9.85 Å². The third-order valence-corrected chi connectivity index (χ3v) is 4.90. The van der Waals surface area contributed by atoms with E-state index in [0.717, 1.165) is 0 Å². The molecule has 0 saturated heterocycles. The smallest absolute Gasteiger partial charge is 0.0704 e. The third kappa shape index (κ3) is 2.63. The minimum absolute atomic E-state index is 0.589. The average Bonchev–Trinajstić information content (AvgIpc) is 2.59. The summed E-state index contributed by atoms with van der Waals surface area (Å²) in [6, 6.07) is 3.52. The zero-order chi connectivity index (χ0) is 10.8. The minimum Gasteiger partial charge on any atom is -0.307 e. The van der Waals surface area contributed by atoms with Crippen molar-refractivity contribution in [1.82, 2.24) is 5.32 Å². The molecule has 0 aromatic carbocycles. The molecule has 0 amide bonds. The molecule has 1 N–H and O–H groups in total. The van der Waals surface area contributed by atoms with Crippen LogP contribution in [0.25, 0.3) is 0 Å². The molecular weight excluding hydrogens is 270 g/mol. The van der Waals surface area contributed by atoms with Gasteiger partial charge in [-0.1, -0.05) is 6.92 Å². The van der Waals surface area contributed by atoms with Crippen LogP contribution in [0.2, 0.25) is 0 Å². The van der Waals surface area contributed by atoms with Gasteiger partial charge in [-0.2, -0.15) is 0 Å². The molecule has 0 saturated carbocycles. The molecule has 3 heteroatoms. The first-order valence-corrected chi connectivity index (χ1v) is 7.35. The van der Waals surface area contributed by atoms with E-state index in [0.29, 0.717) is 12.1 Å². The third-order valence-electron chi connectivity index (χ3n) is 3.18. The summed E-state index contributed by atoms with van der Waals surface area (Å²) in [6.45, 7) is 4.51. The lowest BCUT2D eigenvalue weighted by Gasteiger charge is -2.26. The van der Waals surface area contributed by atoms with E-state index in [2.05, 4.69) is 41.2 Å². The van der Waals surface area contributed by atoms with Gasteiger partial charge in [-0.3, -0.25) is 0 Å². The van der Waals surface area contributed by atoms with Crippen molar-refractivity contribution >= 4 is 27.3 Å². The summed E-state index contributed by atoms with van der Waals surface area (Å²) >= 11 is 5.50. The van der Waals surface area contributed by atoms with Crippen LogP contribution in [0.4, 0.5) is 0 Å². The highest BCUT2D eigenvalue weighted by atomic mass is 79.9. The van der Waals surface area contributed by atoms with Crippen molar-refractivity contribution in [3.8, 4) is 0 Å². The van der Waals surface area contributed by atoms with Crippen molar-refractivity contribution in [2.24, 2.45) is 0 Å². The SMILES string of the molecule is CCC(C)NC1CCCc2sc(Br)cc21. The van der Waals surface area contributed by atoms with Crippen LogP contribution in [0, 0.1) is 0 Å². The Morgan fingerprint density at radius 3 is 3.20 bits per heavy atom. The van der Waals surface area contributed by atoms with Crippen molar-refractivity contribution in [3.05, 3.63) is 20.3 Å². The number of hydrogen-bond donors (Lipinski definition) is 1. The topological polar surface area (TPSA) is 12.0 Å². The molecule has 0 fully saturated rings. The molecule has 1 aliphatic carbocycles. The van der Waals surface area contributed by atoms with E-state index in [1.54, 1.807) is 10.4 Å². The van der Waals surface area contributed by atoms with Crippen LogP contribution in [0.5, 0.6) is 0 Å². The molecule has 0 bridgehead atoms. The maximum atomic E-state index is 3.72. The Morgan fingerprint density at radius 1 is 1.67 bits per heavy atom. The molecule has 84 valence electrons. The molecule has 15 heavy (non-hydrogen) atoms. The lowest BCUT2D eigenvalue weighted by Crippen LogP contribution is -2.31. The highest BCUT2D eigenvalue weighted by molar-refractivity contribution is 9.11. The predicted octanol–water partition coefficient (Wildman–Crippen LogP) is 4.28. The fraction of sp³-hybridized carbons (Fsp3) is 0.667. The Morgan fingerprint density at radius 2 is 2.47 bits per heavy atom. The molecule has 1 aromatic rings. The van der Waals surface area contributed by atoms with Gasteiger partial charge in [0.2, 0.25) is 0 Å². The first-order valence-electron chi connectivity index (χ1n) is 5.75. The molecule has 1 aromatic heterocycles. The van der Waals surface area contributed by atoms with Gasteiger partial charge in [0.25, 0.3) is 0 Å². The number of fused-ring (bicyclic) bond motifs is 1. The van der Waals surface area contributed by atoms with Crippen LogP contribution in [-0.4, -0.2) is 6.04 Å². The monoisotopic (exact) mass is 287 g/mol. The second kappa shape index (κ2) is 4.98. The van der Waals surface area contributed by atoms with Crippen LogP contribution in [-0.2, 0) is 6.42 Å². The van der Waals surface area contributed by atoms with Gasteiger partial charge in [-0.05, 0) is 60.2 Å². The summed E-state index contributed by atoms with van der Waals surface area (Å²) < 4.78 is 1.28. The predicted molar refractivity (Wildman–Crippen MR) is 70.6 cm³/mol. The molecule has 1 nitrogen and oxygen atoms in total. The highest BCUT2D eigenvalue weighted by Gasteiger charge is 2.23. The van der Waals surface area contributed by atoms with E-state index in [-0.39, 0.29) is 0 Å². The quantitative estimate of drug-likeness (QED) is 0.875. The fourth-order valence-corrected chi connectivity index (χ4v) is 3.98. The summed E-state index contributed by atoms with van der Waals surface area (Å²) in [7, 11) is 0. The Balaban J connectivity index is 2.14. The maximum absolute atomic E-state index is 3.72. The molecule has 0 spiro atoms. The standard InChI is InChI=1S/C12H18BrNS/c1-3-8(2)14-10-5-4-6-11-9(10)7-12(13)15-11/h7-8,10,14H,3-6H2,1-2H3. The van der Waals surface area contributed by atoms with Gasteiger partial charge in [-0.15, -0.1) is 11.3 Å². The molecule has 2 atom stereocenters. The Labute approximate surface area is 104 Å². The van der Waals surface area contributed by atoms with Crippen LogP contribution in [0.3, 0.4) is 0 Å². The second-order valence-electron chi connectivity index (χ2n) is 4.35. The number of aryl methyl sites for hydroxylation is 1. The molecule has 2 rings (SSSR count). The number of rotatable bonds is 3. The number of hydrogen-bond acceptors (Lipinski definition) is 2. The zero-order valence-corrected chi connectivity index (χ0v) is 11.7. The van der Waals surface area contributed by atoms with Gasteiger partial charge in [0.1, 0.15) is 0 Å². The molecule has 1 heterocycles. The van der Waals surface area contributed by atoms with Crippen molar-refractivity contribution in [1.29, 1.82) is 0 Å². The molecule has 2 unspecified atom stereocenters. The van der Waals surface area contributed by atoms with Crippen molar-refractivity contribution in [3.63, 3.8) is 0 Å². The summed E-state index contributed by atoms with van der Waals surface area (Å²) in [4.78, 5) is 1.58. The summed E-state index contributed by atoms with van der Waals surface area (Å²) in [6.07, 6.45) is 5.09. The molecule has 0 radical (unpaired) electrons. The highest BCUT2D eigenvalue weighted by Crippen LogP contribution is 2.38. The Bertz CT molecular complexity index is 334. The molecule has 0 aliphatic heterocycles. The largest absolute Gasteiger partial charge is 0.307 e. The van der Waals surface area contributed by atoms with Gasteiger partial charge in [-0.25, -0.2) is 0 Å². The van der Waals surface area contributed by atoms with E-state index < -0.39 is 0 Å². The van der Waals surface area contributed by atoms with E-state index >= 15 is 0 Å². The first kappa shape index (κ1) is 11.6. The minimum atomic E-state index is 0.589. The molecule has 1 aliphatic rings. The second-order valence-corrected chi connectivity index (χ2v) is 6.87.